The van der Waals surface area contributed by atoms with Crippen LogP contribution in [0.5, 0.6) is 11.5 Å². The molecule has 1 aliphatic heterocycles. The Morgan fingerprint density at radius 3 is 1.69 bits per heavy atom. The maximum atomic E-state index is 7.11. The lowest BCUT2D eigenvalue weighted by Crippen LogP contribution is -2.25. The van der Waals surface area contributed by atoms with Gasteiger partial charge in [-0.3, -0.25) is 4.57 Å². The molecule has 2 aromatic heterocycles. The molecule has 0 saturated heterocycles. The number of nitrogens with zero attached hydrogens (tertiary/aromatic N) is 4. The zero-order valence-electron chi connectivity index (χ0n) is 45.6. The summed E-state index contributed by atoms with van der Waals surface area (Å²) < 4.78 is 9.41. The first kappa shape index (κ1) is 49.3. The van der Waals surface area contributed by atoms with Crippen molar-refractivity contribution < 1.29 is 4.74 Å². The van der Waals surface area contributed by atoms with Crippen molar-refractivity contribution >= 4 is 44.6 Å². The molecule has 75 heavy (non-hydrogen) atoms. The highest BCUT2D eigenvalue weighted by Gasteiger charge is 2.33. The molecule has 0 N–H and O–H groups in total. The van der Waals surface area contributed by atoms with E-state index in [0.29, 0.717) is 18.5 Å². The van der Waals surface area contributed by atoms with Crippen LogP contribution in [0.15, 0.2) is 200 Å². The van der Waals surface area contributed by atoms with E-state index < -0.39 is 0 Å². The predicted octanol–water partition coefficient (Wildman–Crippen LogP) is 19.1. The third-order valence-corrected chi connectivity index (χ3v) is 16.0. The fourth-order valence-corrected chi connectivity index (χ4v) is 11.4. The molecule has 0 atom stereocenters. The molecule has 0 bridgehead atoms. The van der Waals surface area contributed by atoms with E-state index in [1.807, 2.05) is 6.20 Å². The third kappa shape index (κ3) is 9.07. The van der Waals surface area contributed by atoms with E-state index in [4.69, 9.17) is 9.72 Å². The lowest BCUT2D eigenvalue weighted by atomic mass is 9.78. The number of rotatable bonds is 12. The van der Waals surface area contributed by atoms with Crippen LogP contribution in [-0.4, -0.2) is 16.2 Å². The Morgan fingerprint density at radius 1 is 0.440 bits per heavy atom. The fraction of sp³-hybridized carbons (Fsp3) is 0.243. The summed E-state index contributed by atoms with van der Waals surface area (Å²) in [5, 5.41) is 2.32. The zero-order valence-corrected chi connectivity index (χ0v) is 45.6. The lowest BCUT2D eigenvalue weighted by Gasteiger charge is -2.29. The molecule has 0 saturated carbocycles. The summed E-state index contributed by atoms with van der Waals surface area (Å²) in [6.45, 7) is 26.0. The van der Waals surface area contributed by atoms with Crippen LogP contribution in [0.4, 0.5) is 22.7 Å². The second-order valence-corrected chi connectivity index (χ2v) is 23.4. The van der Waals surface area contributed by atoms with Crippen LogP contribution in [0.25, 0.3) is 38.8 Å². The van der Waals surface area contributed by atoms with Crippen molar-refractivity contribution in [3.63, 3.8) is 0 Å². The molecule has 3 heterocycles. The summed E-state index contributed by atoms with van der Waals surface area (Å²) in [6.07, 6.45) is 1.95. The average molecular weight is 983 g/mol. The molecular weight excluding hydrogens is 913 g/mol. The van der Waals surface area contributed by atoms with Gasteiger partial charge in [-0.1, -0.05) is 191 Å². The SMILES string of the molecule is CC(C)c1cccc(C(C)C)c1-c1ccc2c(c1)N(c1cccc(C(C)(C)c3ccccc3)c1)CN2c1cc(Oc2ccc3c4ccccc4n(-c4cc(C(C)(C)c5ccccc5)ccn4)c3c2)cc(C(C)(C)C)c1. The monoisotopic (exact) mass is 983 g/mol. The first-order valence-electron chi connectivity index (χ1n) is 26.8. The number of para-hydroxylation sites is 1. The number of anilines is 4. The van der Waals surface area contributed by atoms with E-state index in [1.54, 1.807) is 0 Å². The number of hydrogen-bond acceptors (Lipinski definition) is 4. The molecule has 376 valence electrons. The number of benzene rings is 8. The van der Waals surface area contributed by atoms with Gasteiger partial charge in [0.1, 0.15) is 24.0 Å². The fourth-order valence-electron chi connectivity index (χ4n) is 11.4. The standard InChI is InChI=1S/C70H70N4O/c1-46(2)58-29-21-30-59(47(3)4)67(58)48-32-35-63-65(38-48)72(54-27-20-26-51(39-54)69(8,9)49-22-14-12-15-23-49)45-73(63)55-40-53(68(5,6)7)41-57(43-55)75-56-33-34-61-60-28-18-19-31-62(60)74(64(61)44-56)66-42-52(36-37-71-66)70(10,11)50-24-16-13-17-25-50/h12-44,46-47H,45H2,1-11H3. The van der Waals surface area contributed by atoms with E-state index in [2.05, 4.69) is 285 Å². The zero-order chi connectivity index (χ0) is 52.4. The van der Waals surface area contributed by atoms with Crippen LogP contribution in [-0.2, 0) is 16.2 Å². The Hall–Kier alpha value is -7.89. The van der Waals surface area contributed by atoms with Crippen molar-refractivity contribution in [3.05, 3.63) is 239 Å². The minimum atomic E-state index is -0.225. The second kappa shape index (κ2) is 19.1. The summed E-state index contributed by atoms with van der Waals surface area (Å²) in [5.41, 5.74) is 17.7. The topological polar surface area (TPSA) is 33.5 Å². The quantitative estimate of drug-likeness (QED) is 0.122. The molecule has 0 radical (unpaired) electrons. The van der Waals surface area contributed by atoms with Crippen molar-refractivity contribution in [2.24, 2.45) is 0 Å². The molecule has 0 aliphatic carbocycles. The number of fused-ring (bicyclic) bond motifs is 4. The summed E-state index contributed by atoms with van der Waals surface area (Å²) in [4.78, 5) is 10.0. The van der Waals surface area contributed by atoms with Crippen molar-refractivity contribution in [3.8, 4) is 28.4 Å². The summed E-state index contributed by atoms with van der Waals surface area (Å²) in [7, 11) is 0. The van der Waals surface area contributed by atoms with Crippen molar-refractivity contribution in [2.45, 2.75) is 104 Å². The van der Waals surface area contributed by atoms with Crippen LogP contribution in [0.2, 0.25) is 0 Å². The largest absolute Gasteiger partial charge is 0.457 e. The molecule has 0 unspecified atom stereocenters. The van der Waals surface area contributed by atoms with Gasteiger partial charge in [-0.25, -0.2) is 4.98 Å². The van der Waals surface area contributed by atoms with E-state index >= 15 is 0 Å². The normalized spacial score (nSPS) is 13.1. The molecule has 0 amide bonds. The maximum Gasteiger partial charge on any atom is 0.137 e. The van der Waals surface area contributed by atoms with Gasteiger partial charge in [0, 0.05) is 51.3 Å². The maximum absolute atomic E-state index is 7.11. The van der Waals surface area contributed by atoms with E-state index in [1.165, 1.54) is 61.1 Å². The Bertz CT molecular complexity index is 3700. The summed E-state index contributed by atoms with van der Waals surface area (Å²) in [5.74, 6) is 3.18. The van der Waals surface area contributed by atoms with Gasteiger partial charge in [0.15, 0.2) is 0 Å². The Labute approximate surface area is 445 Å². The summed E-state index contributed by atoms with van der Waals surface area (Å²) >= 11 is 0. The molecule has 5 nitrogen and oxygen atoms in total. The van der Waals surface area contributed by atoms with Gasteiger partial charge in [0.25, 0.3) is 0 Å². The molecule has 5 heteroatoms. The molecule has 8 aromatic carbocycles. The number of pyridine rings is 1. The predicted molar refractivity (Wildman–Crippen MR) is 317 cm³/mol. The summed E-state index contributed by atoms with van der Waals surface area (Å²) in [6, 6.07) is 71.2. The number of ether oxygens (including phenoxy) is 1. The highest BCUT2D eigenvalue weighted by molar-refractivity contribution is 6.09. The van der Waals surface area contributed by atoms with Gasteiger partial charge in [0.05, 0.1) is 22.4 Å². The average Bonchev–Trinajstić information content (AvgIpc) is 3.98. The molecule has 10 aromatic rings. The first-order valence-corrected chi connectivity index (χ1v) is 26.8. The first-order chi connectivity index (χ1) is 36.0. The van der Waals surface area contributed by atoms with Gasteiger partial charge in [-0.05, 0) is 134 Å². The van der Waals surface area contributed by atoms with Gasteiger partial charge in [-0.15, -0.1) is 0 Å². The molecule has 11 rings (SSSR count). The van der Waals surface area contributed by atoms with Crippen molar-refractivity contribution in [2.75, 3.05) is 16.5 Å². The van der Waals surface area contributed by atoms with Crippen LogP contribution in [0.3, 0.4) is 0 Å². The minimum absolute atomic E-state index is 0.161. The van der Waals surface area contributed by atoms with Crippen molar-refractivity contribution in [1.82, 2.24) is 9.55 Å². The lowest BCUT2D eigenvalue weighted by molar-refractivity contribution is 0.479. The van der Waals surface area contributed by atoms with Gasteiger partial charge in [-0.2, -0.15) is 0 Å². The van der Waals surface area contributed by atoms with Crippen molar-refractivity contribution in [1.29, 1.82) is 0 Å². The highest BCUT2D eigenvalue weighted by atomic mass is 16.5. The van der Waals surface area contributed by atoms with Crippen LogP contribution in [0.1, 0.15) is 127 Å². The third-order valence-electron chi connectivity index (χ3n) is 16.0. The van der Waals surface area contributed by atoms with Gasteiger partial charge in [0.2, 0.25) is 0 Å². The van der Waals surface area contributed by atoms with Crippen LogP contribution in [0, 0.1) is 0 Å². The van der Waals surface area contributed by atoms with E-state index in [9.17, 15) is 0 Å². The van der Waals surface area contributed by atoms with Gasteiger partial charge < -0.3 is 14.5 Å². The second-order valence-electron chi connectivity index (χ2n) is 23.4. The van der Waals surface area contributed by atoms with Crippen LogP contribution >= 0.6 is 0 Å². The van der Waals surface area contributed by atoms with E-state index in [0.717, 1.165) is 50.8 Å². The molecule has 0 fully saturated rings. The highest BCUT2D eigenvalue weighted by Crippen LogP contribution is 2.50. The Kier molecular flexibility index (Phi) is 12.6. The number of hydrogen-bond donors (Lipinski definition) is 0. The van der Waals surface area contributed by atoms with E-state index in [-0.39, 0.29) is 16.2 Å². The smallest absolute Gasteiger partial charge is 0.137 e. The Morgan fingerprint density at radius 2 is 1.03 bits per heavy atom. The van der Waals surface area contributed by atoms with Gasteiger partial charge >= 0.3 is 0 Å². The van der Waals surface area contributed by atoms with Crippen LogP contribution < -0.4 is 14.5 Å². The molecular formula is C70H70N4O. The number of aromatic nitrogens is 2. The molecule has 0 spiro atoms. The minimum Gasteiger partial charge on any atom is -0.457 e. The molecule has 1 aliphatic rings. The Balaban J connectivity index is 1.03.